The molecule has 3 N–H and O–H groups in total. The fourth-order valence-electron chi connectivity index (χ4n) is 4.96. The minimum absolute atomic E-state index is 0.0204. The summed E-state index contributed by atoms with van der Waals surface area (Å²) in [6.45, 7) is 2.25. The lowest BCUT2D eigenvalue weighted by Gasteiger charge is -2.26. The zero-order valence-corrected chi connectivity index (χ0v) is 28.5. The van der Waals surface area contributed by atoms with E-state index in [-0.39, 0.29) is 36.4 Å². The highest BCUT2D eigenvalue weighted by Gasteiger charge is 2.25. The van der Waals surface area contributed by atoms with Crippen molar-refractivity contribution in [3.8, 4) is 5.75 Å². The minimum atomic E-state index is -3.71. The van der Waals surface area contributed by atoms with Gasteiger partial charge in [0.2, 0.25) is 10.0 Å². The summed E-state index contributed by atoms with van der Waals surface area (Å²) in [5.41, 5.74) is 3.05. The molecule has 4 aromatic carbocycles. The molecule has 0 aliphatic carbocycles. The van der Waals surface area contributed by atoms with Gasteiger partial charge in [-0.25, -0.2) is 17.2 Å². The highest BCUT2D eigenvalue weighted by molar-refractivity contribution is 7.92. The number of benzene rings is 4. The molecule has 0 aliphatic rings. The van der Waals surface area contributed by atoms with Crippen LogP contribution in [0, 0.1) is 11.6 Å². The van der Waals surface area contributed by atoms with Gasteiger partial charge in [-0.2, -0.15) is 0 Å². The molecule has 0 saturated heterocycles. The van der Waals surface area contributed by atoms with Crippen LogP contribution in [0.25, 0.3) is 0 Å². The quantitative estimate of drug-likeness (QED) is 0.114. The highest BCUT2D eigenvalue weighted by atomic mass is 32.2. The highest BCUT2D eigenvalue weighted by Crippen LogP contribution is 2.22. The molecule has 0 bridgehead atoms. The van der Waals surface area contributed by atoms with Crippen LogP contribution < -0.4 is 19.7 Å². The Balaban J connectivity index is 1.60. The molecule has 10 nitrogen and oxygen atoms in total. The third kappa shape index (κ3) is 11.1. The lowest BCUT2D eigenvalue weighted by Crippen LogP contribution is -2.48. The van der Waals surface area contributed by atoms with Gasteiger partial charge in [-0.15, -0.1) is 0 Å². The molecule has 260 valence electrons. The number of methoxy groups -OCH3 is 1. The van der Waals surface area contributed by atoms with Crippen LogP contribution >= 0.6 is 0 Å². The van der Waals surface area contributed by atoms with Crippen LogP contribution in [0.4, 0.5) is 14.5 Å². The predicted octanol–water partition coefficient (Wildman–Crippen LogP) is 4.80. The van der Waals surface area contributed by atoms with Crippen LogP contribution in [-0.2, 0) is 34.4 Å². The largest absolute Gasteiger partial charge is 0.497 e. The first-order valence-corrected chi connectivity index (χ1v) is 17.2. The van der Waals surface area contributed by atoms with Crippen LogP contribution in [0.15, 0.2) is 96.2 Å². The summed E-state index contributed by atoms with van der Waals surface area (Å²) in [6.07, 6.45) is -0.268. The van der Waals surface area contributed by atoms with Crippen molar-refractivity contribution in [2.24, 2.45) is 5.16 Å². The molecule has 0 spiro atoms. The summed E-state index contributed by atoms with van der Waals surface area (Å²) in [4.78, 5) is 19.3. The average Bonchev–Trinajstić information content (AvgIpc) is 3.07. The van der Waals surface area contributed by atoms with E-state index in [4.69, 9.17) is 9.57 Å². The van der Waals surface area contributed by atoms with Crippen molar-refractivity contribution < 1.29 is 36.7 Å². The van der Waals surface area contributed by atoms with E-state index in [1.54, 1.807) is 26.2 Å². The number of halogens is 2. The molecule has 13 heteroatoms. The van der Waals surface area contributed by atoms with Gasteiger partial charge in [-0.1, -0.05) is 47.6 Å². The Morgan fingerprint density at radius 1 is 0.918 bits per heavy atom. The van der Waals surface area contributed by atoms with Gasteiger partial charge in [0, 0.05) is 37.3 Å². The molecule has 49 heavy (non-hydrogen) atoms. The van der Waals surface area contributed by atoms with Gasteiger partial charge in [0.05, 0.1) is 36.9 Å². The van der Waals surface area contributed by atoms with Gasteiger partial charge in [0.1, 0.15) is 24.0 Å². The Labute approximate surface area is 285 Å². The fourth-order valence-corrected chi connectivity index (χ4v) is 5.45. The van der Waals surface area contributed by atoms with Crippen molar-refractivity contribution >= 4 is 27.3 Å². The zero-order valence-electron chi connectivity index (χ0n) is 27.7. The Morgan fingerprint density at radius 3 is 2.27 bits per heavy atom. The molecule has 2 atom stereocenters. The van der Waals surface area contributed by atoms with Crippen molar-refractivity contribution in [2.75, 3.05) is 31.3 Å². The lowest BCUT2D eigenvalue weighted by atomic mass is 9.99. The zero-order chi connectivity index (χ0) is 35.6. The number of anilines is 1. The van der Waals surface area contributed by atoms with Gasteiger partial charge >= 0.3 is 0 Å². The molecule has 0 aliphatic heterocycles. The lowest BCUT2D eigenvalue weighted by molar-refractivity contribution is 0.0829. The van der Waals surface area contributed by atoms with E-state index in [1.807, 2.05) is 48.5 Å². The van der Waals surface area contributed by atoms with Gasteiger partial charge in [-0.3, -0.25) is 9.10 Å². The van der Waals surface area contributed by atoms with Crippen LogP contribution in [0.2, 0.25) is 0 Å². The maximum Gasteiger partial charge on any atom is 0.251 e. The summed E-state index contributed by atoms with van der Waals surface area (Å²) in [7, 11) is -0.799. The maximum absolute atomic E-state index is 14.1. The normalized spacial score (nSPS) is 13.0. The molecule has 0 saturated carbocycles. The number of carbonyl (C=O) groups is 1. The summed E-state index contributed by atoms with van der Waals surface area (Å²) in [5.74, 6) is -1.58. The van der Waals surface area contributed by atoms with Crippen molar-refractivity contribution in [2.45, 2.75) is 38.6 Å². The third-order valence-corrected chi connectivity index (χ3v) is 8.92. The number of carbonyl (C=O) groups excluding carboxylic acids is 1. The fraction of sp³-hybridized carbons (Fsp3) is 0.278. The molecule has 0 fully saturated rings. The number of sulfonamides is 1. The third-order valence-electron chi connectivity index (χ3n) is 7.71. The van der Waals surface area contributed by atoms with Gasteiger partial charge in [0.25, 0.3) is 5.91 Å². The maximum atomic E-state index is 14.1. The molecule has 0 unspecified atom stereocenters. The number of aliphatic hydroxyl groups is 1. The predicted molar refractivity (Wildman–Crippen MR) is 185 cm³/mol. The van der Waals surface area contributed by atoms with Gasteiger partial charge < -0.3 is 25.3 Å². The summed E-state index contributed by atoms with van der Waals surface area (Å²) >= 11 is 0. The first kappa shape index (κ1) is 37.0. The van der Waals surface area contributed by atoms with E-state index < -0.39 is 39.7 Å². The Bertz CT molecular complexity index is 1850. The summed E-state index contributed by atoms with van der Waals surface area (Å²) in [5, 5.41) is 21.4. The van der Waals surface area contributed by atoms with Crippen LogP contribution in [0.3, 0.4) is 0 Å². The van der Waals surface area contributed by atoms with E-state index in [2.05, 4.69) is 15.8 Å². The Morgan fingerprint density at radius 2 is 1.59 bits per heavy atom. The number of hydrogen-bond acceptors (Lipinski definition) is 8. The first-order chi connectivity index (χ1) is 23.3. The minimum Gasteiger partial charge on any atom is -0.497 e. The van der Waals surface area contributed by atoms with E-state index in [0.29, 0.717) is 23.6 Å². The van der Waals surface area contributed by atoms with E-state index in [0.717, 1.165) is 39.9 Å². The van der Waals surface area contributed by atoms with Crippen LogP contribution in [-0.4, -0.2) is 64.2 Å². The number of nitrogens with zero attached hydrogens (tertiary/aromatic N) is 2. The Kier molecular flexibility index (Phi) is 12.8. The van der Waals surface area contributed by atoms with Crippen molar-refractivity contribution in [3.05, 3.63) is 130 Å². The SMILES string of the molecule is COc1cccc(CNC[C@@H](O)[C@H](Cc2cc(F)cc(F)c2)NC(=O)c2cc(/C(C)=N\OCc3ccccc3)cc(N(C)S(C)(=O)=O)c2)c1. The summed E-state index contributed by atoms with van der Waals surface area (Å²) < 4.78 is 59.4. The van der Waals surface area contributed by atoms with Gasteiger partial charge in [0.15, 0.2) is 0 Å². The van der Waals surface area contributed by atoms with Crippen molar-refractivity contribution in [1.29, 1.82) is 0 Å². The second-order valence-corrected chi connectivity index (χ2v) is 13.6. The number of aliphatic hydroxyl groups excluding tert-OH is 1. The molecule has 4 rings (SSSR count). The average molecular weight is 695 g/mol. The molecule has 0 heterocycles. The van der Waals surface area contributed by atoms with E-state index >= 15 is 0 Å². The number of oxime groups is 1. The van der Waals surface area contributed by atoms with E-state index in [9.17, 15) is 27.1 Å². The smallest absolute Gasteiger partial charge is 0.251 e. The second kappa shape index (κ2) is 17.0. The van der Waals surface area contributed by atoms with Crippen LogP contribution in [0.5, 0.6) is 5.75 Å². The van der Waals surface area contributed by atoms with Gasteiger partial charge in [-0.05, 0) is 72.5 Å². The van der Waals surface area contributed by atoms with Crippen molar-refractivity contribution in [3.63, 3.8) is 0 Å². The number of ether oxygens (including phenoxy) is 1. The summed E-state index contributed by atoms with van der Waals surface area (Å²) in [6, 6.07) is 23.2. The second-order valence-electron chi connectivity index (χ2n) is 11.5. The standard InChI is InChI=1S/C36H40F2N4O6S/c1-24(41-48-23-25-9-6-5-7-10-25)28-17-29(19-32(18-28)42(2)49(4,45)46)36(44)40-34(16-27-13-30(37)20-31(38)14-27)35(43)22-39-21-26-11-8-12-33(15-26)47-3/h5-15,17-20,34-35,39,43H,16,21-23H2,1-4H3,(H,40,44)/b41-24-/t34-,35+/m0/s1. The number of amides is 1. The molecular formula is C36H40F2N4O6S. The molecule has 4 aromatic rings. The number of rotatable bonds is 16. The topological polar surface area (TPSA) is 130 Å². The van der Waals surface area contributed by atoms with Crippen LogP contribution in [0.1, 0.15) is 39.5 Å². The number of hydrogen-bond donors (Lipinski definition) is 3. The molecule has 0 aromatic heterocycles. The van der Waals surface area contributed by atoms with Crippen molar-refractivity contribution in [1.82, 2.24) is 10.6 Å². The monoisotopic (exact) mass is 694 g/mol. The van der Waals surface area contributed by atoms with E-state index in [1.165, 1.54) is 19.2 Å². The number of nitrogens with one attached hydrogen (secondary N) is 2. The molecular weight excluding hydrogens is 654 g/mol. The first-order valence-electron chi connectivity index (χ1n) is 15.4. The Hall–Kier alpha value is -4.85. The molecule has 0 radical (unpaired) electrons. The molecule has 1 amide bonds.